The van der Waals surface area contributed by atoms with Crippen LogP contribution in [-0.4, -0.2) is 16.2 Å². The number of aromatic nitrogens is 2. The van der Waals surface area contributed by atoms with E-state index in [1.807, 2.05) is 6.92 Å². The molecule has 1 atom stereocenters. The average molecular weight is 209 g/mol. The highest BCUT2D eigenvalue weighted by molar-refractivity contribution is 4.88. The molecule has 1 aliphatic carbocycles. The summed E-state index contributed by atoms with van der Waals surface area (Å²) in [5.74, 6) is 1.40. The minimum absolute atomic E-state index is 0.489. The molecule has 15 heavy (non-hydrogen) atoms. The second kappa shape index (κ2) is 3.93. The zero-order chi connectivity index (χ0) is 10.9. The van der Waals surface area contributed by atoms with Gasteiger partial charge in [0.15, 0.2) is 5.82 Å². The van der Waals surface area contributed by atoms with Crippen molar-refractivity contribution in [3.8, 4) is 0 Å². The molecule has 1 saturated carbocycles. The Morgan fingerprint density at radius 3 is 2.87 bits per heavy atom. The molecular weight excluding hydrogens is 190 g/mol. The van der Waals surface area contributed by atoms with Gasteiger partial charge in [0.1, 0.15) is 0 Å². The van der Waals surface area contributed by atoms with E-state index in [1.54, 1.807) is 0 Å². The van der Waals surface area contributed by atoms with Crippen LogP contribution in [0.15, 0.2) is 4.52 Å². The van der Waals surface area contributed by atoms with Crippen molar-refractivity contribution >= 4 is 0 Å². The highest BCUT2D eigenvalue weighted by Crippen LogP contribution is 2.36. The summed E-state index contributed by atoms with van der Waals surface area (Å²) >= 11 is 0. The molecule has 2 rings (SSSR count). The molecule has 0 spiro atoms. The summed E-state index contributed by atoms with van der Waals surface area (Å²) in [7, 11) is 0. The Hall–Kier alpha value is -0.900. The minimum atomic E-state index is 0.489. The van der Waals surface area contributed by atoms with Gasteiger partial charge >= 0.3 is 0 Å². The Morgan fingerprint density at radius 1 is 1.53 bits per heavy atom. The molecule has 0 saturated heterocycles. The minimum Gasteiger partial charge on any atom is -0.338 e. The van der Waals surface area contributed by atoms with E-state index in [9.17, 15) is 0 Å². The van der Waals surface area contributed by atoms with E-state index in [4.69, 9.17) is 4.52 Å². The highest BCUT2D eigenvalue weighted by Gasteiger charge is 2.30. The van der Waals surface area contributed by atoms with Crippen LogP contribution in [0.4, 0.5) is 0 Å². The van der Waals surface area contributed by atoms with Gasteiger partial charge in [-0.3, -0.25) is 0 Å². The molecule has 1 N–H and O–H groups in total. The van der Waals surface area contributed by atoms with Crippen LogP contribution in [0.1, 0.15) is 44.8 Å². The number of aryl methyl sites for hydroxylation is 1. The first-order chi connectivity index (χ1) is 7.05. The molecule has 4 heteroatoms. The summed E-state index contributed by atoms with van der Waals surface area (Å²) in [4.78, 5) is 4.17. The van der Waals surface area contributed by atoms with Crippen LogP contribution in [0.25, 0.3) is 0 Å². The van der Waals surface area contributed by atoms with E-state index in [-0.39, 0.29) is 0 Å². The lowest BCUT2D eigenvalue weighted by Gasteiger charge is -2.17. The molecule has 84 valence electrons. The van der Waals surface area contributed by atoms with Gasteiger partial charge in [-0.05, 0) is 31.6 Å². The van der Waals surface area contributed by atoms with Crippen LogP contribution in [-0.2, 0) is 6.54 Å². The zero-order valence-corrected chi connectivity index (χ0v) is 9.71. The first kappa shape index (κ1) is 10.6. The maximum atomic E-state index is 5.05. The largest absolute Gasteiger partial charge is 0.338 e. The summed E-state index contributed by atoms with van der Waals surface area (Å²) < 4.78 is 5.05. The van der Waals surface area contributed by atoms with Crippen LogP contribution < -0.4 is 5.32 Å². The van der Waals surface area contributed by atoms with E-state index in [1.165, 1.54) is 19.3 Å². The molecule has 1 aromatic rings. The second-order valence-electron chi connectivity index (χ2n) is 5.22. The quantitative estimate of drug-likeness (QED) is 0.827. The van der Waals surface area contributed by atoms with Crippen LogP contribution in [0.3, 0.4) is 0 Å². The fourth-order valence-electron chi connectivity index (χ4n) is 2.25. The molecule has 4 nitrogen and oxygen atoms in total. The van der Waals surface area contributed by atoms with E-state index >= 15 is 0 Å². The summed E-state index contributed by atoms with van der Waals surface area (Å²) in [5.41, 5.74) is 0.489. The maximum absolute atomic E-state index is 5.05. The Bertz CT molecular complexity index is 332. The molecule has 0 aromatic carbocycles. The van der Waals surface area contributed by atoms with Crippen molar-refractivity contribution in [1.82, 2.24) is 15.5 Å². The number of hydrogen-bond acceptors (Lipinski definition) is 4. The number of hydrogen-bond donors (Lipinski definition) is 1. The fraction of sp³-hybridized carbons (Fsp3) is 0.818. The van der Waals surface area contributed by atoms with Crippen LogP contribution in [0, 0.1) is 12.3 Å². The Balaban J connectivity index is 1.80. The number of nitrogens with zero attached hydrogens (tertiary/aromatic N) is 2. The lowest BCUT2D eigenvalue weighted by atomic mass is 9.92. The average Bonchev–Trinajstić information content (AvgIpc) is 2.69. The van der Waals surface area contributed by atoms with Crippen LogP contribution >= 0.6 is 0 Å². The molecule has 1 aromatic heterocycles. The molecule has 1 heterocycles. The fourth-order valence-corrected chi connectivity index (χ4v) is 2.25. The topological polar surface area (TPSA) is 51.0 Å². The maximum Gasteiger partial charge on any atom is 0.240 e. The highest BCUT2D eigenvalue weighted by atomic mass is 16.5. The standard InChI is InChI=1S/C11H19N3O/c1-8-13-10(15-14-8)7-12-9-4-5-11(2,3)6-9/h9,12H,4-7H2,1-3H3. The number of rotatable bonds is 3. The van der Waals surface area contributed by atoms with Crippen molar-refractivity contribution in [1.29, 1.82) is 0 Å². The van der Waals surface area contributed by atoms with Gasteiger partial charge in [-0.15, -0.1) is 0 Å². The van der Waals surface area contributed by atoms with Crippen molar-refractivity contribution in [3.05, 3.63) is 11.7 Å². The van der Waals surface area contributed by atoms with Gasteiger partial charge in [0.2, 0.25) is 5.89 Å². The zero-order valence-electron chi connectivity index (χ0n) is 9.71. The molecule has 0 radical (unpaired) electrons. The predicted octanol–water partition coefficient (Wildman–Crippen LogP) is 2.05. The monoisotopic (exact) mass is 209 g/mol. The van der Waals surface area contributed by atoms with Gasteiger partial charge < -0.3 is 9.84 Å². The normalized spacial score (nSPS) is 24.6. The molecule has 1 unspecified atom stereocenters. The van der Waals surface area contributed by atoms with Crippen LogP contribution in [0.2, 0.25) is 0 Å². The number of nitrogens with one attached hydrogen (secondary N) is 1. The van der Waals surface area contributed by atoms with Gasteiger partial charge in [-0.1, -0.05) is 19.0 Å². The van der Waals surface area contributed by atoms with Gasteiger partial charge in [-0.25, -0.2) is 0 Å². The summed E-state index contributed by atoms with van der Waals surface area (Å²) in [5, 5.41) is 7.23. The van der Waals surface area contributed by atoms with Crippen molar-refractivity contribution in [2.24, 2.45) is 5.41 Å². The summed E-state index contributed by atoms with van der Waals surface area (Å²) in [6, 6.07) is 0.604. The first-order valence-electron chi connectivity index (χ1n) is 5.58. The van der Waals surface area contributed by atoms with Crippen molar-refractivity contribution in [3.63, 3.8) is 0 Å². The van der Waals surface area contributed by atoms with Crippen molar-refractivity contribution in [2.75, 3.05) is 0 Å². The summed E-state index contributed by atoms with van der Waals surface area (Å²) in [6.45, 7) is 7.18. The van der Waals surface area contributed by atoms with E-state index in [0.29, 0.717) is 29.7 Å². The third-order valence-corrected chi connectivity index (χ3v) is 3.08. The lowest BCUT2D eigenvalue weighted by Crippen LogP contribution is -2.26. The third-order valence-electron chi connectivity index (χ3n) is 3.08. The lowest BCUT2D eigenvalue weighted by molar-refractivity contribution is 0.338. The molecule has 1 aliphatic rings. The second-order valence-corrected chi connectivity index (χ2v) is 5.22. The molecule has 0 aliphatic heterocycles. The van der Waals surface area contributed by atoms with Crippen molar-refractivity contribution < 1.29 is 4.52 Å². The van der Waals surface area contributed by atoms with Gasteiger partial charge in [-0.2, -0.15) is 4.98 Å². The summed E-state index contributed by atoms with van der Waals surface area (Å²) in [6.07, 6.45) is 3.79. The smallest absolute Gasteiger partial charge is 0.240 e. The molecular formula is C11H19N3O. The van der Waals surface area contributed by atoms with Gasteiger partial charge in [0.05, 0.1) is 6.54 Å². The molecule has 0 amide bonds. The van der Waals surface area contributed by atoms with Gasteiger partial charge in [0.25, 0.3) is 0 Å². The van der Waals surface area contributed by atoms with E-state index < -0.39 is 0 Å². The van der Waals surface area contributed by atoms with Crippen molar-refractivity contribution in [2.45, 2.75) is 52.6 Å². The first-order valence-corrected chi connectivity index (χ1v) is 5.58. The third kappa shape index (κ3) is 2.78. The SMILES string of the molecule is Cc1noc(CNC2CCC(C)(C)C2)n1. The van der Waals surface area contributed by atoms with E-state index in [2.05, 4.69) is 29.3 Å². The molecule has 1 fully saturated rings. The van der Waals surface area contributed by atoms with Gasteiger partial charge in [0, 0.05) is 6.04 Å². The van der Waals surface area contributed by atoms with Crippen LogP contribution in [0.5, 0.6) is 0 Å². The molecule has 0 bridgehead atoms. The Labute approximate surface area is 90.4 Å². The van der Waals surface area contributed by atoms with E-state index in [0.717, 1.165) is 0 Å². The Kier molecular flexibility index (Phi) is 2.78. The predicted molar refractivity (Wildman–Crippen MR) is 57.3 cm³/mol. The Morgan fingerprint density at radius 2 is 2.33 bits per heavy atom.